The Hall–Kier alpha value is -8.00. The predicted octanol–water partition coefficient (Wildman–Crippen LogP) is 0.512. The van der Waals surface area contributed by atoms with Crippen LogP contribution in [-0.4, -0.2) is 224 Å². The number of tetrazole rings is 1. The smallest absolute Gasteiger partial charge is 0.345 e. The Morgan fingerprint density at radius 2 is 0.974 bits per heavy atom. The number of hydrogen-bond acceptors (Lipinski definition) is 28. The molecule has 0 radical (unpaired) electrons. The van der Waals surface area contributed by atoms with Crippen LogP contribution in [0.15, 0.2) is 29.6 Å². The summed E-state index contributed by atoms with van der Waals surface area (Å²) in [5.41, 5.74) is 0.0556. The molecule has 4 fully saturated rings. The van der Waals surface area contributed by atoms with Crippen LogP contribution >= 0.6 is 11.6 Å². The van der Waals surface area contributed by atoms with Crippen LogP contribution in [0.25, 0.3) is 0 Å². The molecule has 0 spiro atoms. The maximum Gasteiger partial charge on any atom is 0.345 e. The number of aromatic amines is 2. The molecule has 31 nitrogen and oxygen atoms in total. The van der Waals surface area contributed by atoms with E-state index in [0.29, 0.717) is 116 Å². The number of methoxy groups -OCH3 is 2. The van der Waals surface area contributed by atoms with E-state index >= 15 is 0 Å². The number of esters is 3. The molecule has 0 atom stereocenters. The van der Waals surface area contributed by atoms with Crippen molar-refractivity contribution in [3.63, 3.8) is 0 Å². The number of anilines is 5. The Morgan fingerprint density at radius 1 is 0.571 bits per heavy atom. The zero-order valence-electron chi connectivity index (χ0n) is 43.1. The first-order valence-corrected chi connectivity index (χ1v) is 24.7. The van der Waals surface area contributed by atoms with Gasteiger partial charge < -0.3 is 62.2 Å². The molecule has 0 aliphatic carbocycles. The number of H-pyrrole nitrogens is 2. The molecule has 1 amide bonds. The maximum absolute atomic E-state index is 12.2. The molecule has 3 N–H and O–H groups in total. The van der Waals surface area contributed by atoms with Gasteiger partial charge in [-0.05, 0) is 26.0 Å². The lowest BCUT2D eigenvalue weighted by Crippen LogP contribution is -2.38. The molecular formula is C45H60ClN17O14. The van der Waals surface area contributed by atoms with E-state index in [1.807, 2.05) is 19.6 Å². The first-order chi connectivity index (χ1) is 37.5. The number of carbonyl (C=O) groups excluding carboxylic acids is 4. The molecule has 9 heterocycles. The van der Waals surface area contributed by atoms with E-state index in [-0.39, 0.29) is 51.7 Å². The number of nitrogens with zero attached hydrogens (tertiary/aromatic N) is 14. The Labute approximate surface area is 445 Å². The molecule has 5 aromatic rings. The summed E-state index contributed by atoms with van der Waals surface area (Å²) in [6.07, 6.45) is 5.50. The average Bonchev–Trinajstić information content (AvgIpc) is 3.99. The molecule has 4 aliphatic rings. The number of morpholine rings is 4. The summed E-state index contributed by atoms with van der Waals surface area (Å²) < 4.78 is 45.9. The van der Waals surface area contributed by atoms with Crippen LogP contribution in [0.5, 0.6) is 11.8 Å². The highest BCUT2D eigenvalue weighted by atomic mass is 35.5. The summed E-state index contributed by atoms with van der Waals surface area (Å²) in [6, 6.07) is 0. The fourth-order valence-corrected chi connectivity index (χ4v) is 7.24. The summed E-state index contributed by atoms with van der Waals surface area (Å²) in [4.78, 5) is 98.3. The van der Waals surface area contributed by atoms with Crippen molar-refractivity contribution in [2.75, 3.05) is 164 Å². The highest BCUT2D eigenvalue weighted by Crippen LogP contribution is 2.22. The van der Waals surface area contributed by atoms with Crippen molar-refractivity contribution in [1.82, 2.24) is 60.5 Å². The molecule has 5 aromatic heterocycles. The lowest BCUT2D eigenvalue weighted by molar-refractivity contribution is 0.0512. The first-order valence-electron chi connectivity index (χ1n) is 24.3. The molecule has 9 rings (SSSR count). The minimum atomic E-state index is -0.653. The fraction of sp³-hybridized carbons (Fsp3) is 0.533. The Balaban J connectivity index is 0.000000167. The van der Waals surface area contributed by atoms with Gasteiger partial charge in [0, 0.05) is 64.8 Å². The molecule has 4 aliphatic heterocycles. The van der Waals surface area contributed by atoms with Gasteiger partial charge in [0.15, 0.2) is 0 Å². The van der Waals surface area contributed by atoms with Crippen molar-refractivity contribution < 1.29 is 61.8 Å². The lowest BCUT2D eigenvalue weighted by Gasteiger charge is -2.26. The largest absolute Gasteiger partial charge is 0.480 e. The fourth-order valence-electron chi connectivity index (χ4n) is 7.04. The maximum atomic E-state index is 12.2. The molecule has 0 bridgehead atoms. The van der Waals surface area contributed by atoms with Gasteiger partial charge in [-0.25, -0.2) is 39.3 Å². The van der Waals surface area contributed by atoms with Crippen molar-refractivity contribution in [1.29, 1.82) is 0 Å². The highest BCUT2D eigenvalue weighted by Gasteiger charge is 2.24. The van der Waals surface area contributed by atoms with Crippen LogP contribution in [0.4, 0.5) is 29.7 Å². The van der Waals surface area contributed by atoms with Crippen LogP contribution in [0.1, 0.15) is 62.2 Å². The van der Waals surface area contributed by atoms with Crippen molar-refractivity contribution >= 4 is 65.2 Å². The van der Waals surface area contributed by atoms with Gasteiger partial charge in [-0.1, -0.05) is 16.7 Å². The predicted molar refractivity (Wildman–Crippen MR) is 271 cm³/mol. The number of hydrogen-bond donors (Lipinski definition) is 3. The molecular weight excluding hydrogens is 1040 g/mol. The number of rotatable bonds is 14. The van der Waals surface area contributed by atoms with Crippen molar-refractivity contribution in [3.05, 3.63) is 62.5 Å². The number of aromatic nitrogens is 12. The number of carbonyl (C=O) groups is 4. The Bertz CT molecular complexity index is 2740. The normalized spacial score (nSPS) is 15.2. The van der Waals surface area contributed by atoms with E-state index in [2.05, 4.69) is 65.8 Å². The lowest BCUT2D eigenvalue weighted by atomic mass is 10.3. The summed E-state index contributed by atoms with van der Waals surface area (Å²) in [7, 11) is 2.91. The monoisotopic (exact) mass is 1100 g/mol. The third kappa shape index (κ3) is 17.0. The van der Waals surface area contributed by atoms with Gasteiger partial charge in [0.2, 0.25) is 35.6 Å². The van der Waals surface area contributed by atoms with Crippen LogP contribution in [-0.2, 0) is 33.2 Å². The topological polar surface area (TPSA) is 354 Å². The second-order valence-electron chi connectivity index (χ2n) is 15.8. The van der Waals surface area contributed by atoms with Gasteiger partial charge in [-0.15, -0.1) is 5.10 Å². The highest BCUT2D eigenvalue weighted by molar-refractivity contribution is 6.32. The second kappa shape index (κ2) is 30.5. The van der Waals surface area contributed by atoms with Gasteiger partial charge in [0.25, 0.3) is 17.4 Å². The summed E-state index contributed by atoms with van der Waals surface area (Å²) in [5, 5.41) is 15.5. The third-order valence-corrected chi connectivity index (χ3v) is 11.2. The second-order valence-corrected chi connectivity index (χ2v) is 16.1. The molecule has 0 unspecified atom stereocenters. The van der Waals surface area contributed by atoms with E-state index in [1.54, 1.807) is 20.8 Å². The van der Waals surface area contributed by atoms with Crippen molar-refractivity contribution in [2.45, 2.75) is 20.8 Å². The first kappa shape index (κ1) is 58.3. The average molecular weight is 1100 g/mol. The van der Waals surface area contributed by atoms with Gasteiger partial charge in [0.1, 0.15) is 27.4 Å². The van der Waals surface area contributed by atoms with E-state index < -0.39 is 29.4 Å². The minimum absolute atomic E-state index is 0.0595. The third-order valence-electron chi connectivity index (χ3n) is 10.9. The quantitative estimate of drug-likeness (QED) is 0.0775. The van der Waals surface area contributed by atoms with Gasteiger partial charge >= 0.3 is 17.9 Å². The summed E-state index contributed by atoms with van der Waals surface area (Å²) in [5.74, 6) is 0.351. The van der Waals surface area contributed by atoms with Crippen LogP contribution < -0.4 is 39.9 Å². The zero-order valence-corrected chi connectivity index (χ0v) is 43.9. The molecule has 32 heteroatoms. The molecule has 0 aromatic carbocycles. The number of nitrogens with one attached hydrogen (secondary N) is 3. The van der Waals surface area contributed by atoms with E-state index in [9.17, 15) is 24.0 Å². The summed E-state index contributed by atoms with van der Waals surface area (Å²) in [6.45, 7) is 16.6. The zero-order chi connectivity index (χ0) is 54.9. The SMILES string of the molecule is CCOC(=O)c1cnc(N2CCOCC2)[nH]c1=O.CCOC(=O)c1cnc(N2CCOCC2)nc1Cl.CCOC(=O)c1cnc(N2CCOCC2)nc1OC.COc1nc(N2CCOCC2)ncc1C(=O)Nc1nn[nH]n1. The van der Waals surface area contributed by atoms with Crippen molar-refractivity contribution in [3.8, 4) is 11.8 Å². The van der Waals surface area contributed by atoms with Crippen LogP contribution in [0.3, 0.4) is 0 Å². The van der Waals surface area contributed by atoms with E-state index in [0.717, 1.165) is 26.2 Å². The van der Waals surface area contributed by atoms with Gasteiger partial charge in [-0.2, -0.15) is 15.2 Å². The standard InChI is InChI=1S/C12H17N3O4.C11H14ClN3O3.C11H14N8O3.C11H15N3O4/c1-3-19-11(16)9-8-13-12(14-10(9)17-2)15-4-6-18-7-5-15;1-2-18-10(16)8-7-13-11(14-9(8)12)15-3-5-17-6-4-15;1-21-9-7(8(20)13-10-15-17-18-16-10)6-12-11(14-9)19-2-4-22-5-3-19;1-2-18-10(16)8-7-12-11(13-9(8)15)14-3-5-17-6-4-14/h8H,3-7H2,1-2H3;7H,2-6H2,1H3;6H,2-5H2,1H3,(H2,13,15,16,17,18,20);7H,2-6H2,1H3,(H,12,13,15). The van der Waals surface area contributed by atoms with Gasteiger partial charge in [0.05, 0.1) is 99.3 Å². The summed E-state index contributed by atoms with van der Waals surface area (Å²) >= 11 is 5.97. The molecule has 416 valence electrons. The molecule has 77 heavy (non-hydrogen) atoms. The Kier molecular flexibility index (Phi) is 23.1. The van der Waals surface area contributed by atoms with E-state index in [1.165, 1.54) is 39.0 Å². The molecule has 0 saturated carbocycles. The Morgan fingerprint density at radius 3 is 1.40 bits per heavy atom. The number of halogens is 1. The van der Waals surface area contributed by atoms with Crippen LogP contribution in [0.2, 0.25) is 5.15 Å². The van der Waals surface area contributed by atoms with E-state index in [4.69, 9.17) is 54.2 Å². The molecule has 4 saturated heterocycles. The number of amides is 1. The van der Waals surface area contributed by atoms with Gasteiger partial charge in [-0.3, -0.25) is 19.9 Å². The minimum Gasteiger partial charge on any atom is -0.480 e. The number of ether oxygens (including phenoxy) is 9. The van der Waals surface area contributed by atoms with Crippen LogP contribution in [0, 0.1) is 0 Å². The van der Waals surface area contributed by atoms with Crippen molar-refractivity contribution in [2.24, 2.45) is 0 Å².